The van der Waals surface area contributed by atoms with Gasteiger partial charge < -0.3 is 14.5 Å². The third-order valence-electron chi connectivity index (χ3n) is 6.24. The maximum absolute atomic E-state index is 13.0. The fraction of sp³-hybridized carbons (Fsp3) is 0.737. The van der Waals surface area contributed by atoms with Crippen molar-refractivity contribution in [3.8, 4) is 0 Å². The van der Waals surface area contributed by atoms with Crippen molar-refractivity contribution in [3.63, 3.8) is 0 Å². The number of nitrogens with zero attached hydrogens (tertiary/aromatic N) is 3. The minimum absolute atomic E-state index is 0.0246. The number of piperidine rings is 1. The van der Waals surface area contributed by atoms with E-state index in [1.807, 2.05) is 23.9 Å². The number of ether oxygens (including phenoxy) is 1. The third-order valence-corrected chi connectivity index (χ3v) is 6.24. The zero-order valence-corrected chi connectivity index (χ0v) is 15.7. The van der Waals surface area contributed by atoms with Gasteiger partial charge in [-0.1, -0.05) is 0 Å². The lowest BCUT2D eigenvalue weighted by Crippen LogP contribution is -2.50. The molecule has 7 heteroatoms. The maximum Gasteiger partial charge on any atom is 0.255 e. The van der Waals surface area contributed by atoms with Gasteiger partial charge in [0.2, 0.25) is 11.9 Å². The molecule has 1 aromatic heterocycles. The summed E-state index contributed by atoms with van der Waals surface area (Å²) >= 11 is 0. The summed E-state index contributed by atoms with van der Waals surface area (Å²) in [6.45, 7) is 2.87. The third kappa shape index (κ3) is 2.92. The molecule has 0 radical (unpaired) electrons. The Balaban J connectivity index is 1.62. The van der Waals surface area contributed by atoms with E-state index in [0.717, 1.165) is 56.3 Å². The second-order valence-corrected chi connectivity index (χ2v) is 8.14. The van der Waals surface area contributed by atoms with E-state index >= 15 is 0 Å². The van der Waals surface area contributed by atoms with Crippen LogP contribution in [0.15, 0.2) is 4.79 Å². The highest BCUT2D eigenvalue weighted by Crippen LogP contribution is 2.43. The number of H-pyrrole nitrogens is 1. The number of likely N-dealkylation sites (tertiary alicyclic amines) is 1. The number of amides is 1. The Morgan fingerprint density at radius 2 is 2.08 bits per heavy atom. The molecule has 3 aliphatic rings. The molecule has 1 aromatic rings. The molecule has 1 aliphatic carbocycles. The van der Waals surface area contributed by atoms with Gasteiger partial charge in [0.25, 0.3) is 5.56 Å². The standard InChI is InChI=1S/C19H28N4O3/c1-22(2)18-20-15-14(16(24)21-18)4-8-19(15)7-3-9-23(12-19)17(25)13-5-10-26-11-6-13/h13H,3-12H2,1-2H3,(H,20,21,24). The molecule has 26 heavy (non-hydrogen) atoms. The van der Waals surface area contributed by atoms with Crippen molar-refractivity contribution in [2.75, 3.05) is 45.3 Å². The smallest absolute Gasteiger partial charge is 0.255 e. The van der Waals surface area contributed by atoms with Crippen molar-refractivity contribution < 1.29 is 9.53 Å². The van der Waals surface area contributed by atoms with E-state index in [1.54, 1.807) is 0 Å². The largest absolute Gasteiger partial charge is 0.381 e. The highest BCUT2D eigenvalue weighted by Gasteiger charge is 2.46. The predicted molar refractivity (Wildman–Crippen MR) is 98.5 cm³/mol. The van der Waals surface area contributed by atoms with E-state index < -0.39 is 0 Å². The Morgan fingerprint density at radius 3 is 2.81 bits per heavy atom. The van der Waals surface area contributed by atoms with E-state index in [4.69, 9.17) is 9.72 Å². The van der Waals surface area contributed by atoms with Crippen LogP contribution in [0.3, 0.4) is 0 Å². The van der Waals surface area contributed by atoms with Crippen LogP contribution >= 0.6 is 0 Å². The molecule has 3 heterocycles. The molecule has 1 unspecified atom stereocenters. The van der Waals surface area contributed by atoms with Gasteiger partial charge in [-0.25, -0.2) is 4.98 Å². The highest BCUT2D eigenvalue weighted by molar-refractivity contribution is 5.79. The highest BCUT2D eigenvalue weighted by atomic mass is 16.5. The van der Waals surface area contributed by atoms with Gasteiger partial charge in [-0.2, -0.15) is 0 Å². The number of rotatable bonds is 2. The molecule has 7 nitrogen and oxygen atoms in total. The first-order chi connectivity index (χ1) is 12.5. The van der Waals surface area contributed by atoms with Gasteiger partial charge in [0, 0.05) is 57.3 Å². The Kier molecular flexibility index (Phi) is 4.50. The predicted octanol–water partition coefficient (Wildman–Crippen LogP) is 1.07. The number of carbonyl (C=O) groups is 1. The van der Waals surface area contributed by atoms with Crippen molar-refractivity contribution in [2.24, 2.45) is 5.92 Å². The number of aromatic amines is 1. The fourth-order valence-corrected chi connectivity index (χ4v) is 4.77. The van der Waals surface area contributed by atoms with Crippen molar-refractivity contribution in [1.82, 2.24) is 14.9 Å². The molecule has 0 saturated carbocycles. The summed E-state index contributed by atoms with van der Waals surface area (Å²) in [7, 11) is 3.77. The molecular formula is C19H28N4O3. The van der Waals surface area contributed by atoms with E-state index in [9.17, 15) is 9.59 Å². The average Bonchev–Trinajstić information content (AvgIpc) is 3.00. The lowest BCUT2D eigenvalue weighted by molar-refractivity contribution is -0.140. The molecule has 1 spiro atoms. The molecule has 1 atom stereocenters. The number of hydrogen-bond acceptors (Lipinski definition) is 5. The van der Waals surface area contributed by atoms with Gasteiger partial charge in [0.05, 0.1) is 5.69 Å². The SMILES string of the molecule is CN(C)c1nc2c(c(=O)[nH]1)CCC21CCCN(C(=O)C2CCOCC2)C1. The van der Waals surface area contributed by atoms with Crippen LogP contribution in [0.25, 0.3) is 0 Å². The minimum Gasteiger partial charge on any atom is -0.381 e. The molecular weight excluding hydrogens is 332 g/mol. The average molecular weight is 360 g/mol. The quantitative estimate of drug-likeness (QED) is 0.853. The second-order valence-electron chi connectivity index (χ2n) is 8.14. The number of carbonyl (C=O) groups excluding carboxylic acids is 1. The summed E-state index contributed by atoms with van der Waals surface area (Å²) in [4.78, 5) is 37.1. The summed E-state index contributed by atoms with van der Waals surface area (Å²) in [5, 5.41) is 0. The Labute approximate surface area is 153 Å². The summed E-state index contributed by atoms with van der Waals surface area (Å²) in [5.41, 5.74) is 1.56. The van der Waals surface area contributed by atoms with Gasteiger partial charge in [0.15, 0.2) is 0 Å². The molecule has 4 rings (SSSR count). The van der Waals surface area contributed by atoms with E-state index in [2.05, 4.69) is 4.98 Å². The minimum atomic E-state index is -0.159. The Hall–Kier alpha value is -1.89. The van der Waals surface area contributed by atoms with E-state index in [1.165, 1.54) is 0 Å². The van der Waals surface area contributed by atoms with Crippen molar-refractivity contribution >= 4 is 11.9 Å². The first kappa shape index (κ1) is 17.5. The van der Waals surface area contributed by atoms with Crippen LogP contribution in [-0.4, -0.2) is 61.2 Å². The first-order valence-corrected chi connectivity index (χ1v) is 9.68. The second kappa shape index (κ2) is 6.68. The van der Waals surface area contributed by atoms with Crippen LogP contribution in [0.2, 0.25) is 0 Å². The van der Waals surface area contributed by atoms with Gasteiger partial charge >= 0.3 is 0 Å². The monoisotopic (exact) mass is 360 g/mol. The zero-order valence-electron chi connectivity index (χ0n) is 15.7. The Bertz CT molecular complexity index is 754. The number of nitrogens with one attached hydrogen (secondary N) is 1. The number of anilines is 1. The van der Waals surface area contributed by atoms with Crippen molar-refractivity contribution in [1.29, 1.82) is 0 Å². The van der Waals surface area contributed by atoms with Crippen LogP contribution in [-0.2, 0) is 21.4 Å². The molecule has 1 N–H and O–H groups in total. The number of aromatic nitrogens is 2. The molecule has 2 fully saturated rings. The summed E-state index contributed by atoms with van der Waals surface area (Å²) in [6, 6.07) is 0. The fourth-order valence-electron chi connectivity index (χ4n) is 4.77. The van der Waals surface area contributed by atoms with Crippen LogP contribution in [0, 0.1) is 5.92 Å². The van der Waals surface area contributed by atoms with E-state index in [-0.39, 0.29) is 22.8 Å². The summed E-state index contributed by atoms with van der Waals surface area (Å²) in [5.74, 6) is 0.950. The van der Waals surface area contributed by atoms with Gasteiger partial charge in [-0.3, -0.25) is 14.6 Å². The summed E-state index contributed by atoms with van der Waals surface area (Å²) < 4.78 is 5.40. The van der Waals surface area contributed by atoms with Crippen LogP contribution in [0.1, 0.15) is 43.4 Å². The lowest BCUT2D eigenvalue weighted by Gasteiger charge is -2.42. The van der Waals surface area contributed by atoms with Gasteiger partial charge in [-0.05, 0) is 38.5 Å². The van der Waals surface area contributed by atoms with Gasteiger partial charge in [-0.15, -0.1) is 0 Å². The van der Waals surface area contributed by atoms with Crippen molar-refractivity contribution in [3.05, 3.63) is 21.6 Å². The molecule has 0 aromatic carbocycles. The topological polar surface area (TPSA) is 78.5 Å². The first-order valence-electron chi connectivity index (χ1n) is 9.68. The molecule has 2 aliphatic heterocycles. The molecule has 142 valence electrons. The van der Waals surface area contributed by atoms with Crippen molar-refractivity contribution in [2.45, 2.75) is 43.9 Å². The van der Waals surface area contributed by atoms with Crippen LogP contribution in [0.4, 0.5) is 5.95 Å². The normalized spacial score (nSPS) is 26.2. The Morgan fingerprint density at radius 1 is 1.31 bits per heavy atom. The van der Waals surface area contributed by atoms with Gasteiger partial charge in [0.1, 0.15) is 0 Å². The van der Waals surface area contributed by atoms with Crippen LogP contribution in [0.5, 0.6) is 0 Å². The molecule has 0 bridgehead atoms. The summed E-state index contributed by atoms with van der Waals surface area (Å²) in [6.07, 6.45) is 5.28. The molecule has 1 amide bonds. The lowest BCUT2D eigenvalue weighted by atomic mass is 9.77. The maximum atomic E-state index is 13.0. The zero-order chi connectivity index (χ0) is 18.3. The van der Waals surface area contributed by atoms with Crippen LogP contribution < -0.4 is 10.5 Å². The van der Waals surface area contributed by atoms with E-state index in [0.29, 0.717) is 25.7 Å². The molecule has 2 saturated heterocycles. The number of fused-ring (bicyclic) bond motifs is 2. The number of hydrogen-bond donors (Lipinski definition) is 1.